The fourth-order valence-corrected chi connectivity index (χ4v) is 6.69. The minimum atomic E-state index is 0.156. The summed E-state index contributed by atoms with van der Waals surface area (Å²) in [6.45, 7) is 44.0. The lowest BCUT2D eigenvalue weighted by molar-refractivity contribution is 0.409. The molecular weight excluding hydrogens is 809 g/mol. The predicted octanol–water partition coefficient (Wildman–Crippen LogP) is 18.8. The van der Waals surface area contributed by atoms with Crippen LogP contribution in [0.15, 0.2) is 167 Å². The van der Waals surface area contributed by atoms with Crippen molar-refractivity contribution in [1.29, 1.82) is 0 Å². The number of aromatic nitrogens is 2. The van der Waals surface area contributed by atoms with Crippen LogP contribution in [0.5, 0.6) is 0 Å². The Morgan fingerprint density at radius 2 is 1.09 bits per heavy atom. The number of hydrogen-bond acceptors (Lipinski definition) is 4. The predicted molar refractivity (Wildman–Crippen MR) is 289 cm³/mol. The molecule has 0 bridgehead atoms. The first kappa shape index (κ1) is 58.5. The molecule has 356 valence electrons. The summed E-state index contributed by atoms with van der Waals surface area (Å²) in [5.41, 5.74) is 8.36. The maximum atomic E-state index is 5.20. The van der Waals surface area contributed by atoms with Crippen LogP contribution in [-0.4, -0.2) is 9.97 Å². The molecule has 0 aliphatic heterocycles. The maximum Gasteiger partial charge on any atom is 0.109 e. The van der Waals surface area contributed by atoms with E-state index in [1.807, 2.05) is 54.1 Å². The van der Waals surface area contributed by atoms with Crippen molar-refractivity contribution in [2.24, 2.45) is 11.3 Å². The van der Waals surface area contributed by atoms with Crippen molar-refractivity contribution in [2.45, 2.75) is 178 Å². The molecule has 0 N–H and O–H groups in total. The Balaban J connectivity index is 0.000000380. The van der Waals surface area contributed by atoms with E-state index in [9.17, 15) is 0 Å². The lowest BCUT2D eigenvalue weighted by Gasteiger charge is -2.18. The number of pyridine rings is 2. The molecule has 0 atom stereocenters. The van der Waals surface area contributed by atoms with Crippen LogP contribution in [-0.2, 0) is 27.1 Å². The second kappa shape index (κ2) is 27.2. The molecular formula is C61H90N2OS. The zero-order valence-corrected chi connectivity index (χ0v) is 45.5. The average molecular weight is 899 g/mol. The van der Waals surface area contributed by atoms with Crippen molar-refractivity contribution >= 4 is 11.3 Å². The monoisotopic (exact) mass is 899 g/mol. The number of nitrogens with zero attached hydrogens (tertiary/aromatic N) is 2. The van der Waals surface area contributed by atoms with Gasteiger partial charge < -0.3 is 4.42 Å². The quantitative estimate of drug-likeness (QED) is 0.168. The van der Waals surface area contributed by atoms with E-state index in [4.69, 9.17) is 4.42 Å². The van der Waals surface area contributed by atoms with Gasteiger partial charge in [0.25, 0.3) is 0 Å². The van der Waals surface area contributed by atoms with E-state index in [2.05, 4.69) is 245 Å². The molecule has 3 nitrogen and oxygen atoms in total. The second-order valence-corrected chi connectivity index (χ2v) is 24.0. The summed E-state index contributed by atoms with van der Waals surface area (Å²) in [4.78, 5) is 9.76. The highest BCUT2D eigenvalue weighted by atomic mass is 32.1. The third-order valence-electron chi connectivity index (χ3n) is 10.2. The molecule has 65 heavy (non-hydrogen) atoms. The molecule has 0 amide bonds. The highest BCUT2D eigenvalue weighted by Gasteiger charge is 2.17. The number of hydrogen-bond donors (Lipinski definition) is 0. The molecule has 7 rings (SSSR count). The summed E-state index contributed by atoms with van der Waals surface area (Å²) in [7, 11) is 0. The summed E-state index contributed by atoms with van der Waals surface area (Å²) in [6, 6.07) is 28.9. The first-order valence-electron chi connectivity index (χ1n) is 23.6. The summed E-state index contributed by atoms with van der Waals surface area (Å²) in [6.07, 6.45) is 23.0. The Kier molecular flexibility index (Phi) is 24.5. The largest absolute Gasteiger partial charge is 0.469 e. The van der Waals surface area contributed by atoms with Crippen LogP contribution in [0, 0.1) is 11.3 Å². The van der Waals surface area contributed by atoms with Crippen LogP contribution in [0.4, 0.5) is 0 Å². The normalized spacial score (nSPS) is 13.3. The molecule has 4 aromatic heterocycles. The Morgan fingerprint density at radius 1 is 0.508 bits per heavy atom. The van der Waals surface area contributed by atoms with Crippen molar-refractivity contribution in [1.82, 2.24) is 9.97 Å². The van der Waals surface area contributed by atoms with E-state index >= 15 is 0 Å². The van der Waals surface area contributed by atoms with Gasteiger partial charge in [0, 0.05) is 40.0 Å². The van der Waals surface area contributed by atoms with E-state index in [1.54, 1.807) is 12.5 Å². The van der Waals surface area contributed by atoms with Gasteiger partial charge in [0.2, 0.25) is 0 Å². The molecule has 0 fully saturated rings. The molecule has 0 saturated heterocycles. The third-order valence-corrected chi connectivity index (χ3v) is 11.5. The van der Waals surface area contributed by atoms with Gasteiger partial charge in [0.1, 0.15) is 5.76 Å². The molecule has 4 heteroatoms. The van der Waals surface area contributed by atoms with E-state index < -0.39 is 0 Å². The maximum absolute atomic E-state index is 5.20. The Bertz CT molecular complexity index is 1910. The SMILES string of the molecule is CC(C)(C)C1=CCC=C1.CC(C)(C)c1ccccc1.CC(C)(C)c1ccccn1.CC(C)(C)c1cccnc1.CC(C)(C)c1ccco1.CC(C)(C)c1cccs1.CC(C)C1=CCC=C1. The molecule has 0 spiro atoms. The van der Waals surface area contributed by atoms with Crippen molar-refractivity contribution in [3.63, 3.8) is 0 Å². The van der Waals surface area contributed by atoms with Gasteiger partial charge in [-0.25, -0.2) is 0 Å². The summed E-state index contributed by atoms with van der Waals surface area (Å²) >= 11 is 1.83. The lowest BCUT2D eigenvalue weighted by Crippen LogP contribution is -2.12. The first-order valence-corrected chi connectivity index (χ1v) is 24.5. The second-order valence-electron chi connectivity index (χ2n) is 23.1. The first-order chi connectivity index (χ1) is 29.9. The molecule has 2 aliphatic carbocycles. The molecule has 5 aromatic rings. The number of allylic oxidation sites excluding steroid dienone is 8. The van der Waals surface area contributed by atoms with E-state index in [0.29, 0.717) is 22.2 Å². The number of rotatable bonds is 1. The standard InChI is InChI=1S/C10H14.2C9H13N.C9H14.C8H12O.C8H12S.C8H12/c1-10(2,3)9-7-5-4-6-8-9;1-9(2,3)8-5-4-6-10-7-8;1-9(2,3)8-6-4-5-7-10-8;1-9(2,3)8-6-4-5-7-8;2*1-8(2,3)7-5-4-6-9-7;1-7(2)8-5-3-4-6-8/h4-8H,1-3H3;2*4-7H,1-3H3;4,6-7H,5H2,1-3H3;2*4-6H,1-3H3;3,5-7H,4H2,1-2H3. The van der Waals surface area contributed by atoms with E-state index in [0.717, 1.165) is 24.3 Å². The Labute approximate surface area is 403 Å². The van der Waals surface area contributed by atoms with E-state index in [1.165, 1.54) is 27.2 Å². The van der Waals surface area contributed by atoms with Crippen molar-refractivity contribution in [2.75, 3.05) is 0 Å². The summed E-state index contributed by atoms with van der Waals surface area (Å²) in [5.74, 6) is 1.76. The summed E-state index contributed by atoms with van der Waals surface area (Å²) < 4.78 is 5.20. The highest BCUT2D eigenvalue weighted by Crippen LogP contribution is 2.30. The Morgan fingerprint density at radius 3 is 1.35 bits per heavy atom. The number of thiophene rings is 1. The van der Waals surface area contributed by atoms with Crippen LogP contribution in [0.3, 0.4) is 0 Å². The van der Waals surface area contributed by atoms with Gasteiger partial charge in [-0.15, -0.1) is 11.3 Å². The van der Waals surface area contributed by atoms with Gasteiger partial charge in [0.15, 0.2) is 0 Å². The van der Waals surface area contributed by atoms with Gasteiger partial charge in [-0.3, -0.25) is 9.97 Å². The summed E-state index contributed by atoms with van der Waals surface area (Å²) in [5, 5.41) is 2.13. The van der Waals surface area contributed by atoms with Crippen molar-refractivity contribution < 1.29 is 4.42 Å². The topological polar surface area (TPSA) is 38.9 Å². The van der Waals surface area contributed by atoms with Crippen molar-refractivity contribution in [3.05, 3.63) is 190 Å². The van der Waals surface area contributed by atoms with Gasteiger partial charge >= 0.3 is 0 Å². The minimum absolute atomic E-state index is 0.156. The Hall–Kier alpha value is -4.54. The molecule has 4 heterocycles. The van der Waals surface area contributed by atoms with Crippen molar-refractivity contribution in [3.8, 4) is 0 Å². The van der Waals surface area contributed by atoms with Crippen LogP contribution < -0.4 is 0 Å². The molecule has 0 radical (unpaired) electrons. The zero-order valence-electron chi connectivity index (χ0n) is 44.6. The molecule has 0 unspecified atom stereocenters. The fraction of sp³-hybridized carbons (Fsp3) is 0.475. The number of benzene rings is 1. The van der Waals surface area contributed by atoms with Crippen LogP contribution >= 0.6 is 11.3 Å². The average Bonchev–Trinajstić information content (AvgIpc) is 4.07. The molecule has 0 saturated carbocycles. The third kappa shape index (κ3) is 25.7. The fourth-order valence-electron chi connectivity index (χ4n) is 5.88. The molecule has 2 aliphatic rings. The molecule has 1 aromatic carbocycles. The van der Waals surface area contributed by atoms with Gasteiger partial charge in [-0.1, -0.05) is 223 Å². The number of furan rings is 1. The van der Waals surface area contributed by atoms with Gasteiger partial charge in [-0.2, -0.15) is 0 Å². The highest BCUT2D eigenvalue weighted by molar-refractivity contribution is 7.10. The zero-order chi connectivity index (χ0) is 49.5. The van der Waals surface area contributed by atoms with Crippen LogP contribution in [0.2, 0.25) is 0 Å². The van der Waals surface area contributed by atoms with E-state index in [-0.39, 0.29) is 16.2 Å². The van der Waals surface area contributed by atoms with Gasteiger partial charge in [-0.05, 0) is 104 Å². The smallest absolute Gasteiger partial charge is 0.109 e. The lowest BCUT2D eigenvalue weighted by atomic mass is 9.87. The van der Waals surface area contributed by atoms with Crippen LogP contribution in [0.1, 0.15) is 179 Å². The minimum Gasteiger partial charge on any atom is -0.469 e. The van der Waals surface area contributed by atoms with Gasteiger partial charge in [0.05, 0.1) is 6.26 Å². The van der Waals surface area contributed by atoms with Crippen LogP contribution in [0.25, 0.3) is 0 Å².